The average Bonchev–Trinajstić information content (AvgIpc) is 3.38. The number of carbonyl (C=O) groups excluding carboxylic acids is 2. The molecule has 1 aromatic heterocycles. The standard InChI is InChI=1S/C33H39N9O2/c1-19(35-18-20(2)42-26(17-34)14-25-15-29(25)42)16-33(32-36-38-39-37-32)27-9-7-21(30(43)40(3)4)11-23(27)13-24-12-22(8-10-28(24)33)31(44)41(5)6/h7-12,19,25-26,29,35H,2,13-16,18H2,1,3-6H3,(H,36,37,38,39)/t19-,25+,26?,29?/m0/s1. The van der Waals surface area contributed by atoms with Crippen molar-refractivity contribution in [1.29, 1.82) is 5.26 Å². The first-order chi connectivity index (χ1) is 21.0. The Labute approximate surface area is 257 Å². The summed E-state index contributed by atoms with van der Waals surface area (Å²) < 4.78 is 0. The summed E-state index contributed by atoms with van der Waals surface area (Å²) in [6.45, 7) is 7.03. The van der Waals surface area contributed by atoms with E-state index in [1.807, 2.05) is 36.4 Å². The largest absolute Gasteiger partial charge is 0.355 e. The lowest BCUT2D eigenvalue weighted by Crippen LogP contribution is -2.44. The predicted molar refractivity (Wildman–Crippen MR) is 165 cm³/mol. The van der Waals surface area contributed by atoms with Crippen molar-refractivity contribution in [2.75, 3.05) is 34.7 Å². The number of aromatic amines is 1. The number of nitriles is 1. The summed E-state index contributed by atoms with van der Waals surface area (Å²) in [5.41, 5.74) is 5.29. The van der Waals surface area contributed by atoms with Gasteiger partial charge in [-0.05, 0) is 85.0 Å². The molecular weight excluding hydrogens is 554 g/mol. The fraction of sp³-hybridized carbons (Fsp3) is 0.455. The molecule has 0 radical (unpaired) electrons. The second-order valence-corrected chi connectivity index (χ2v) is 12.9. The van der Waals surface area contributed by atoms with Crippen LogP contribution in [-0.2, 0) is 11.8 Å². The predicted octanol–water partition coefficient (Wildman–Crippen LogP) is 2.71. The van der Waals surface area contributed by atoms with Crippen LogP contribution in [0.1, 0.15) is 75.0 Å². The quantitative estimate of drug-likeness (QED) is 0.387. The van der Waals surface area contributed by atoms with E-state index >= 15 is 0 Å². The van der Waals surface area contributed by atoms with Gasteiger partial charge in [0.25, 0.3) is 11.8 Å². The van der Waals surface area contributed by atoms with E-state index in [2.05, 4.69) is 50.4 Å². The van der Waals surface area contributed by atoms with Crippen molar-refractivity contribution in [1.82, 2.24) is 40.6 Å². The van der Waals surface area contributed by atoms with Gasteiger partial charge in [0.15, 0.2) is 5.82 Å². The minimum atomic E-state index is -0.812. The van der Waals surface area contributed by atoms with Crippen molar-refractivity contribution in [3.63, 3.8) is 0 Å². The maximum atomic E-state index is 13.0. The number of likely N-dealkylation sites (tertiary alicyclic amines) is 1. The summed E-state index contributed by atoms with van der Waals surface area (Å²) in [5, 5.41) is 29.1. The molecule has 3 aromatic rings. The SMILES string of the molecule is C=C(CN[C@@H](C)CC1(c2nn[nH]n2)c2ccc(C(=O)N(C)C)cc2Cc2cc(C(=O)N(C)C)ccc21)N1C(C#N)C[C@@H]2CC21. The maximum Gasteiger partial charge on any atom is 0.253 e. The van der Waals surface area contributed by atoms with Crippen molar-refractivity contribution >= 4 is 11.8 Å². The molecule has 6 rings (SSSR count). The molecule has 4 atom stereocenters. The van der Waals surface area contributed by atoms with E-state index in [-0.39, 0.29) is 23.9 Å². The highest BCUT2D eigenvalue weighted by Crippen LogP contribution is 2.50. The van der Waals surface area contributed by atoms with Crippen molar-refractivity contribution in [2.45, 2.75) is 56.1 Å². The molecule has 44 heavy (non-hydrogen) atoms. The minimum Gasteiger partial charge on any atom is -0.355 e. The number of benzene rings is 2. The molecule has 2 N–H and O–H groups in total. The van der Waals surface area contributed by atoms with E-state index in [0.717, 1.165) is 40.8 Å². The van der Waals surface area contributed by atoms with Crippen LogP contribution in [0.5, 0.6) is 0 Å². The summed E-state index contributed by atoms with van der Waals surface area (Å²) >= 11 is 0. The van der Waals surface area contributed by atoms with Crippen molar-refractivity contribution in [3.8, 4) is 6.07 Å². The van der Waals surface area contributed by atoms with Crippen molar-refractivity contribution in [2.24, 2.45) is 5.92 Å². The minimum absolute atomic E-state index is 0.0339. The molecule has 2 aromatic carbocycles. The molecule has 2 amide bonds. The fourth-order valence-electron chi connectivity index (χ4n) is 7.28. The van der Waals surface area contributed by atoms with Gasteiger partial charge < -0.3 is 20.0 Å². The summed E-state index contributed by atoms with van der Waals surface area (Å²) in [4.78, 5) is 31.3. The van der Waals surface area contributed by atoms with Crippen LogP contribution in [0.2, 0.25) is 0 Å². The molecule has 11 heteroatoms. The molecule has 1 saturated carbocycles. The zero-order valence-corrected chi connectivity index (χ0v) is 26.0. The van der Waals surface area contributed by atoms with Gasteiger partial charge in [-0.3, -0.25) is 9.59 Å². The Balaban J connectivity index is 1.40. The number of fused-ring (bicyclic) bond motifs is 3. The first-order valence-corrected chi connectivity index (χ1v) is 15.1. The lowest BCUT2D eigenvalue weighted by atomic mass is 9.62. The van der Waals surface area contributed by atoms with Crippen LogP contribution in [0.25, 0.3) is 0 Å². The van der Waals surface area contributed by atoms with Gasteiger partial charge in [0, 0.05) is 63.6 Å². The van der Waals surface area contributed by atoms with E-state index in [0.29, 0.717) is 48.3 Å². The number of H-pyrrole nitrogens is 1. The third-order valence-corrected chi connectivity index (χ3v) is 9.43. The van der Waals surface area contributed by atoms with Crippen molar-refractivity contribution < 1.29 is 9.59 Å². The molecular formula is C33H39N9O2. The Morgan fingerprint density at radius 2 is 1.70 bits per heavy atom. The Bertz CT molecular complexity index is 1590. The third-order valence-electron chi connectivity index (χ3n) is 9.43. The first kappa shape index (κ1) is 29.5. The molecule has 1 aliphatic heterocycles. The molecule has 3 aliphatic rings. The van der Waals surface area contributed by atoms with Gasteiger partial charge in [-0.1, -0.05) is 23.9 Å². The molecule has 1 saturated heterocycles. The van der Waals surface area contributed by atoms with Crippen LogP contribution in [0.3, 0.4) is 0 Å². The first-order valence-electron chi connectivity index (χ1n) is 15.1. The normalized spacial score (nSPS) is 21.4. The Morgan fingerprint density at radius 3 is 2.23 bits per heavy atom. The number of aromatic nitrogens is 4. The topological polar surface area (TPSA) is 134 Å². The number of hydrogen-bond acceptors (Lipinski definition) is 8. The summed E-state index contributed by atoms with van der Waals surface area (Å²) in [7, 11) is 6.97. The van der Waals surface area contributed by atoms with Gasteiger partial charge in [-0.15, -0.1) is 10.2 Å². The summed E-state index contributed by atoms with van der Waals surface area (Å²) in [6.07, 6.45) is 3.19. The molecule has 11 nitrogen and oxygen atoms in total. The van der Waals surface area contributed by atoms with Crippen LogP contribution in [0.4, 0.5) is 0 Å². The van der Waals surface area contributed by atoms with E-state index in [1.165, 1.54) is 0 Å². The van der Waals surface area contributed by atoms with Gasteiger partial charge in [0.05, 0.1) is 11.5 Å². The van der Waals surface area contributed by atoms with Crippen molar-refractivity contribution in [3.05, 3.63) is 87.9 Å². The van der Waals surface area contributed by atoms with E-state index in [9.17, 15) is 14.9 Å². The molecule has 2 fully saturated rings. The van der Waals surface area contributed by atoms with Crippen LogP contribution < -0.4 is 5.32 Å². The maximum absolute atomic E-state index is 13.0. The van der Waals surface area contributed by atoms with Crippen LogP contribution >= 0.6 is 0 Å². The van der Waals surface area contributed by atoms with Gasteiger partial charge in [-0.2, -0.15) is 10.5 Å². The van der Waals surface area contributed by atoms with E-state index in [4.69, 9.17) is 0 Å². The smallest absolute Gasteiger partial charge is 0.253 e. The Kier molecular flexibility index (Phi) is 7.49. The third kappa shape index (κ3) is 4.93. The van der Waals surface area contributed by atoms with Gasteiger partial charge in [0.2, 0.25) is 0 Å². The van der Waals surface area contributed by atoms with Gasteiger partial charge in [-0.25, -0.2) is 0 Å². The second-order valence-electron chi connectivity index (χ2n) is 12.9. The number of hydrogen-bond donors (Lipinski definition) is 2. The molecule has 0 bridgehead atoms. The Hall–Kier alpha value is -4.56. The average molecular weight is 594 g/mol. The fourth-order valence-corrected chi connectivity index (χ4v) is 7.28. The zero-order chi connectivity index (χ0) is 31.3. The molecule has 228 valence electrons. The second kappa shape index (κ2) is 11.2. The number of nitrogens with zero attached hydrogens (tertiary/aromatic N) is 7. The molecule has 2 unspecified atom stereocenters. The Morgan fingerprint density at radius 1 is 1.09 bits per heavy atom. The number of amides is 2. The lowest BCUT2D eigenvalue weighted by molar-refractivity contribution is 0.0820. The van der Waals surface area contributed by atoms with Gasteiger partial charge in [0.1, 0.15) is 6.04 Å². The summed E-state index contributed by atoms with van der Waals surface area (Å²) in [5.74, 6) is 0.975. The number of rotatable bonds is 9. The zero-order valence-electron chi connectivity index (χ0n) is 26.0. The van der Waals surface area contributed by atoms with Crippen LogP contribution in [-0.4, -0.2) is 100.0 Å². The number of piperidine rings is 1. The number of tetrazole rings is 1. The van der Waals surface area contributed by atoms with Crippen LogP contribution in [0.15, 0.2) is 48.7 Å². The highest BCUT2D eigenvalue weighted by Gasteiger charge is 2.52. The molecule has 2 heterocycles. The highest BCUT2D eigenvalue weighted by atomic mass is 16.2. The van der Waals surface area contributed by atoms with Gasteiger partial charge >= 0.3 is 0 Å². The lowest BCUT2D eigenvalue weighted by Gasteiger charge is -2.41. The monoisotopic (exact) mass is 593 g/mol. The van der Waals surface area contributed by atoms with E-state index < -0.39 is 5.41 Å². The van der Waals surface area contributed by atoms with Crippen LogP contribution in [0, 0.1) is 17.2 Å². The van der Waals surface area contributed by atoms with E-state index in [1.54, 1.807) is 38.0 Å². The number of nitrogens with one attached hydrogen (secondary N) is 2. The summed E-state index contributed by atoms with van der Waals surface area (Å²) in [6, 6.07) is 14.4. The molecule has 0 spiro atoms. The number of carbonyl (C=O) groups is 2. The molecule has 2 aliphatic carbocycles. The highest BCUT2D eigenvalue weighted by molar-refractivity contribution is 5.95.